The fraction of sp³-hybridized carbons (Fsp3) is 0.625. The fourth-order valence-corrected chi connectivity index (χ4v) is 3.99. The SMILES string of the molecule is NC(c1cc(Br)cc2c1OCC2)C1CCCCCC1. The highest BCUT2D eigenvalue weighted by Gasteiger charge is 2.27. The summed E-state index contributed by atoms with van der Waals surface area (Å²) in [7, 11) is 0. The summed E-state index contributed by atoms with van der Waals surface area (Å²) in [5.74, 6) is 1.69. The third-order valence-corrected chi connectivity index (χ3v) is 5.00. The number of hydrogen-bond acceptors (Lipinski definition) is 2. The first-order chi connectivity index (χ1) is 9.25. The lowest BCUT2D eigenvalue weighted by molar-refractivity contribution is 0.334. The summed E-state index contributed by atoms with van der Waals surface area (Å²) in [5, 5.41) is 0. The molecule has 1 aromatic carbocycles. The summed E-state index contributed by atoms with van der Waals surface area (Å²) >= 11 is 3.61. The van der Waals surface area contributed by atoms with Crippen LogP contribution in [0.5, 0.6) is 5.75 Å². The van der Waals surface area contributed by atoms with Gasteiger partial charge in [0, 0.05) is 22.5 Å². The van der Waals surface area contributed by atoms with Gasteiger partial charge in [-0.05, 0) is 36.5 Å². The van der Waals surface area contributed by atoms with E-state index in [2.05, 4.69) is 28.1 Å². The van der Waals surface area contributed by atoms with Crippen molar-refractivity contribution in [2.75, 3.05) is 6.61 Å². The van der Waals surface area contributed by atoms with E-state index in [9.17, 15) is 0 Å². The Morgan fingerprint density at radius 3 is 2.63 bits per heavy atom. The molecule has 0 saturated heterocycles. The number of nitrogens with two attached hydrogens (primary N) is 1. The van der Waals surface area contributed by atoms with Gasteiger partial charge in [0.05, 0.1) is 6.61 Å². The maximum atomic E-state index is 6.58. The summed E-state index contributed by atoms with van der Waals surface area (Å²) in [5.41, 5.74) is 9.11. The van der Waals surface area contributed by atoms with E-state index in [0.717, 1.165) is 23.2 Å². The van der Waals surface area contributed by atoms with E-state index < -0.39 is 0 Å². The smallest absolute Gasteiger partial charge is 0.127 e. The summed E-state index contributed by atoms with van der Waals surface area (Å²) in [6.07, 6.45) is 8.95. The van der Waals surface area contributed by atoms with Crippen molar-refractivity contribution in [3.8, 4) is 5.75 Å². The second kappa shape index (κ2) is 5.84. The van der Waals surface area contributed by atoms with Gasteiger partial charge in [0.1, 0.15) is 5.75 Å². The van der Waals surface area contributed by atoms with E-state index in [0.29, 0.717) is 5.92 Å². The van der Waals surface area contributed by atoms with Gasteiger partial charge in [-0.2, -0.15) is 0 Å². The number of rotatable bonds is 2. The first kappa shape index (κ1) is 13.4. The zero-order valence-electron chi connectivity index (χ0n) is 11.3. The molecule has 0 aromatic heterocycles. The number of halogens is 1. The van der Waals surface area contributed by atoms with Gasteiger partial charge in [0.2, 0.25) is 0 Å². The first-order valence-corrected chi connectivity index (χ1v) is 8.25. The van der Waals surface area contributed by atoms with Crippen LogP contribution in [-0.2, 0) is 6.42 Å². The molecule has 1 fully saturated rings. The fourth-order valence-electron chi connectivity index (χ4n) is 3.47. The van der Waals surface area contributed by atoms with E-state index in [-0.39, 0.29) is 6.04 Å². The molecule has 0 amide bonds. The number of ether oxygens (including phenoxy) is 1. The second-order valence-electron chi connectivity index (χ2n) is 5.86. The Morgan fingerprint density at radius 2 is 1.89 bits per heavy atom. The van der Waals surface area contributed by atoms with E-state index in [4.69, 9.17) is 10.5 Å². The van der Waals surface area contributed by atoms with Crippen molar-refractivity contribution < 1.29 is 4.74 Å². The quantitative estimate of drug-likeness (QED) is 0.821. The predicted molar refractivity (Wildman–Crippen MR) is 81.5 cm³/mol. The summed E-state index contributed by atoms with van der Waals surface area (Å²) < 4.78 is 6.96. The monoisotopic (exact) mass is 323 g/mol. The number of hydrogen-bond donors (Lipinski definition) is 1. The van der Waals surface area contributed by atoms with Crippen LogP contribution in [0.25, 0.3) is 0 Å². The van der Waals surface area contributed by atoms with Crippen molar-refractivity contribution >= 4 is 15.9 Å². The molecule has 19 heavy (non-hydrogen) atoms. The topological polar surface area (TPSA) is 35.2 Å². The van der Waals surface area contributed by atoms with Gasteiger partial charge < -0.3 is 10.5 Å². The normalized spacial score (nSPS) is 21.6. The number of fused-ring (bicyclic) bond motifs is 1. The summed E-state index contributed by atoms with van der Waals surface area (Å²) in [4.78, 5) is 0. The van der Waals surface area contributed by atoms with Crippen molar-refractivity contribution in [1.29, 1.82) is 0 Å². The van der Waals surface area contributed by atoms with E-state index >= 15 is 0 Å². The maximum Gasteiger partial charge on any atom is 0.127 e. The maximum absolute atomic E-state index is 6.58. The molecule has 104 valence electrons. The zero-order chi connectivity index (χ0) is 13.2. The molecule has 1 atom stereocenters. The zero-order valence-corrected chi connectivity index (χ0v) is 12.9. The van der Waals surface area contributed by atoms with E-state index in [1.54, 1.807) is 0 Å². The first-order valence-electron chi connectivity index (χ1n) is 7.46. The minimum absolute atomic E-state index is 0.127. The Hall–Kier alpha value is -0.540. The molecule has 0 bridgehead atoms. The van der Waals surface area contributed by atoms with Crippen LogP contribution in [0.4, 0.5) is 0 Å². The van der Waals surface area contributed by atoms with Crippen LogP contribution >= 0.6 is 15.9 Å². The Kier molecular flexibility index (Phi) is 4.13. The average molecular weight is 324 g/mol. The third-order valence-electron chi connectivity index (χ3n) is 4.54. The summed E-state index contributed by atoms with van der Waals surface area (Å²) in [6.45, 7) is 0.802. The molecule has 0 radical (unpaired) electrons. The lowest BCUT2D eigenvalue weighted by Crippen LogP contribution is -2.21. The van der Waals surface area contributed by atoms with Gasteiger partial charge in [-0.15, -0.1) is 0 Å². The lowest BCUT2D eigenvalue weighted by Gasteiger charge is -2.24. The van der Waals surface area contributed by atoms with Crippen molar-refractivity contribution in [2.24, 2.45) is 11.7 Å². The molecular weight excluding hydrogens is 302 g/mol. The molecule has 2 N–H and O–H groups in total. The van der Waals surface area contributed by atoms with Crippen LogP contribution in [0.15, 0.2) is 16.6 Å². The minimum atomic E-state index is 0.127. The standard InChI is InChI=1S/C16H22BrNO/c17-13-9-12-7-8-19-16(12)14(10-13)15(18)11-5-3-1-2-4-6-11/h9-11,15H,1-8,18H2. The third kappa shape index (κ3) is 2.82. The van der Waals surface area contributed by atoms with Crippen LogP contribution in [0.2, 0.25) is 0 Å². The van der Waals surface area contributed by atoms with Crippen molar-refractivity contribution in [3.05, 3.63) is 27.7 Å². The Morgan fingerprint density at radius 1 is 1.16 bits per heavy atom. The van der Waals surface area contributed by atoms with Gasteiger partial charge in [0.25, 0.3) is 0 Å². The molecule has 1 unspecified atom stereocenters. The molecule has 2 nitrogen and oxygen atoms in total. The molecular formula is C16H22BrNO. The average Bonchev–Trinajstić information content (AvgIpc) is 2.70. The molecule has 1 aromatic rings. The molecule has 0 spiro atoms. The largest absolute Gasteiger partial charge is 0.493 e. The van der Waals surface area contributed by atoms with Crippen LogP contribution in [-0.4, -0.2) is 6.61 Å². The van der Waals surface area contributed by atoms with E-state index in [1.807, 2.05) is 0 Å². The van der Waals surface area contributed by atoms with Gasteiger partial charge in [-0.1, -0.05) is 41.6 Å². The Labute approximate surface area is 123 Å². The molecule has 3 heteroatoms. The van der Waals surface area contributed by atoms with Crippen LogP contribution in [0.1, 0.15) is 55.7 Å². The molecule has 1 aliphatic carbocycles. The highest BCUT2D eigenvalue weighted by molar-refractivity contribution is 9.10. The Balaban J connectivity index is 1.88. The van der Waals surface area contributed by atoms with Gasteiger partial charge in [-0.25, -0.2) is 0 Å². The van der Waals surface area contributed by atoms with Crippen molar-refractivity contribution in [1.82, 2.24) is 0 Å². The summed E-state index contributed by atoms with van der Waals surface area (Å²) in [6, 6.07) is 4.47. The lowest BCUT2D eigenvalue weighted by atomic mass is 9.87. The highest BCUT2D eigenvalue weighted by atomic mass is 79.9. The highest BCUT2D eigenvalue weighted by Crippen LogP contribution is 2.40. The molecule has 1 aliphatic heterocycles. The van der Waals surface area contributed by atoms with Crippen molar-refractivity contribution in [2.45, 2.75) is 51.0 Å². The second-order valence-corrected chi connectivity index (χ2v) is 6.77. The van der Waals surface area contributed by atoms with Crippen molar-refractivity contribution in [3.63, 3.8) is 0 Å². The van der Waals surface area contributed by atoms with Crippen LogP contribution in [0.3, 0.4) is 0 Å². The van der Waals surface area contributed by atoms with E-state index in [1.165, 1.54) is 49.7 Å². The molecule has 1 saturated carbocycles. The number of benzene rings is 1. The van der Waals surface area contributed by atoms with Crippen LogP contribution < -0.4 is 10.5 Å². The van der Waals surface area contributed by atoms with Crippen LogP contribution in [0, 0.1) is 5.92 Å². The van der Waals surface area contributed by atoms with Gasteiger partial charge in [-0.3, -0.25) is 0 Å². The molecule has 3 rings (SSSR count). The molecule has 1 heterocycles. The molecule has 2 aliphatic rings. The predicted octanol–water partition coefficient (Wildman–Crippen LogP) is 4.35. The van der Waals surface area contributed by atoms with Gasteiger partial charge in [0.15, 0.2) is 0 Å². The minimum Gasteiger partial charge on any atom is -0.493 e. The Bertz CT molecular complexity index is 452. The van der Waals surface area contributed by atoms with Gasteiger partial charge >= 0.3 is 0 Å².